The molecule has 1 saturated heterocycles. The van der Waals surface area contributed by atoms with Crippen molar-refractivity contribution in [2.45, 2.75) is 38.1 Å². The Balaban J connectivity index is 1.80. The van der Waals surface area contributed by atoms with Crippen molar-refractivity contribution in [3.8, 4) is 17.1 Å². The Labute approximate surface area is 177 Å². The zero-order valence-corrected chi connectivity index (χ0v) is 17.4. The Morgan fingerprint density at radius 2 is 2.06 bits per heavy atom. The second kappa shape index (κ2) is 8.01. The molecule has 0 bridgehead atoms. The highest BCUT2D eigenvalue weighted by Gasteiger charge is 2.27. The topological polar surface area (TPSA) is 83.7 Å². The number of pyridine rings is 2. The van der Waals surface area contributed by atoms with E-state index in [1.54, 1.807) is 30.5 Å². The molecule has 0 amide bonds. The van der Waals surface area contributed by atoms with Crippen LogP contribution < -0.4 is 15.4 Å². The second-order valence-electron chi connectivity index (χ2n) is 8.09. The molecule has 0 saturated carbocycles. The summed E-state index contributed by atoms with van der Waals surface area (Å²) in [4.78, 5) is 8.38. The van der Waals surface area contributed by atoms with Gasteiger partial charge < -0.3 is 20.5 Å². The second-order valence-corrected chi connectivity index (χ2v) is 8.09. The van der Waals surface area contributed by atoms with E-state index in [0.29, 0.717) is 42.5 Å². The minimum atomic E-state index is -1.24. The third kappa shape index (κ3) is 4.05. The number of halogens is 3. The molecule has 7 nitrogen and oxygen atoms in total. The van der Waals surface area contributed by atoms with Crippen molar-refractivity contribution in [3.05, 3.63) is 41.7 Å². The number of aliphatic hydroxyl groups is 1. The van der Waals surface area contributed by atoms with E-state index >= 15 is 0 Å². The van der Waals surface area contributed by atoms with Crippen LogP contribution in [0.4, 0.5) is 19.0 Å². The Kier molecular flexibility index (Phi) is 5.52. The number of nitrogens with zero attached hydrogens (tertiary/aromatic N) is 3. The molecule has 3 aromatic rings. The van der Waals surface area contributed by atoms with Gasteiger partial charge in [-0.1, -0.05) is 0 Å². The Morgan fingerprint density at radius 1 is 1.29 bits per heavy atom. The molecule has 31 heavy (non-hydrogen) atoms. The summed E-state index contributed by atoms with van der Waals surface area (Å²) in [7, 11) is 1.47. The quantitative estimate of drug-likeness (QED) is 0.572. The maximum absolute atomic E-state index is 14.7. The van der Waals surface area contributed by atoms with Crippen molar-refractivity contribution >= 4 is 11.5 Å². The van der Waals surface area contributed by atoms with Crippen LogP contribution >= 0.6 is 0 Å². The summed E-state index contributed by atoms with van der Waals surface area (Å²) in [6.45, 7) is 4.04. The van der Waals surface area contributed by atoms with Gasteiger partial charge in [0.05, 0.1) is 30.6 Å². The first kappa shape index (κ1) is 21.4. The van der Waals surface area contributed by atoms with Crippen LogP contribution in [0.2, 0.25) is 0 Å². The highest BCUT2D eigenvalue weighted by Crippen LogP contribution is 2.33. The van der Waals surface area contributed by atoms with E-state index < -0.39 is 29.4 Å². The number of hydrogen-bond donors (Lipinski definition) is 3. The van der Waals surface area contributed by atoms with Crippen molar-refractivity contribution < 1.29 is 23.0 Å². The fourth-order valence-electron chi connectivity index (χ4n) is 3.70. The van der Waals surface area contributed by atoms with Gasteiger partial charge in [-0.25, -0.2) is 23.1 Å². The molecule has 4 rings (SSSR count). The molecule has 0 spiro atoms. The van der Waals surface area contributed by atoms with Gasteiger partial charge in [-0.3, -0.25) is 4.40 Å². The Bertz CT molecular complexity index is 1110. The first-order valence-electron chi connectivity index (χ1n) is 9.94. The number of methoxy groups -OCH3 is 1. The van der Waals surface area contributed by atoms with Gasteiger partial charge in [0, 0.05) is 30.4 Å². The fourth-order valence-corrected chi connectivity index (χ4v) is 3.70. The van der Waals surface area contributed by atoms with Crippen LogP contribution in [0.1, 0.15) is 25.8 Å². The number of fused-ring (bicyclic) bond motifs is 1. The number of anilines is 1. The number of imidazole rings is 1. The summed E-state index contributed by atoms with van der Waals surface area (Å²) in [6, 6.07) is 1.65. The van der Waals surface area contributed by atoms with Crippen LogP contribution in [-0.4, -0.2) is 51.9 Å². The molecule has 0 aromatic carbocycles. The van der Waals surface area contributed by atoms with Crippen LogP contribution in [0.5, 0.6) is 5.75 Å². The van der Waals surface area contributed by atoms with Crippen LogP contribution in [0, 0.1) is 11.6 Å². The molecule has 1 aliphatic rings. The summed E-state index contributed by atoms with van der Waals surface area (Å²) >= 11 is 0. The summed E-state index contributed by atoms with van der Waals surface area (Å²) in [5.74, 6) is -1.61. The molecule has 0 radical (unpaired) electrons. The first-order valence-corrected chi connectivity index (χ1v) is 9.94. The van der Waals surface area contributed by atoms with E-state index in [1.807, 2.05) is 0 Å². The van der Waals surface area contributed by atoms with Gasteiger partial charge in [0.2, 0.25) is 0 Å². The van der Waals surface area contributed by atoms with Gasteiger partial charge in [-0.2, -0.15) is 0 Å². The molecule has 1 aliphatic heterocycles. The van der Waals surface area contributed by atoms with Crippen molar-refractivity contribution in [1.82, 2.24) is 19.7 Å². The zero-order chi connectivity index (χ0) is 22.3. The molecule has 166 valence electrons. The monoisotopic (exact) mass is 435 g/mol. The van der Waals surface area contributed by atoms with Crippen LogP contribution in [0.15, 0.2) is 24.5 Å². The highest BCUT2D eigenvalue weighted by molar-refractivity contribution is 5.65. The lowest BCUT2D eigenvalue weighted by Crippen LogP contribution is -2.46. The molecule has 3 aromatic heterocycles. The standard InChI is InChI=1S/C21H24F3N5O2/c1-21(2,30)11-10-29-16(9-26-18(29)7-17(11)31-3)19-13(23)6-14(24)20(28-19)27-15-8-25-5-4-12(15)22/h6-7,9-10,12,15,25,30H,4-5,8H2,1-3H3,(H,27,28)/t12-,15-/m1/s1. The summed E-state index contributed by atoms with van der Waals surface area (Å²) in [5.41, 5.74) is -0.256. The summed E-state index contributed by atoms with van der Waals surface area (Å²) in [6.07, 6.45) is 2.10. The lowest BCUT2D eigenvalue weighted by Gasteiger charge is -2.28. The average molecular weight is 435 g/mol. The minimum absolute atomic E-state index is 0.151. The van der Waals surface area contributed by atoms with Crippen molar-refractivity contribution in [3.63, 3.8) is 0 Å². The van der Waals surface area contributed by atoms with Gasteiger partial charge in [0.1, 0.15) is 23.3 Å². The predicted molar refractivity (Wildman–Crippen MR) is 110 cm³/mol. The largest absolute Gasteiger partial charge is 0.496 e. The average Bonchev–Trinajstić information content (AvgIpc) is 3.12. The van der Waals surface area contributed by atoms with Crippen molar-refractivity contribution in [2.75, 3.05) is 25.5 Å². The molecule has 0 unspecified atom stereocenters. The fraction of sp³-hybridized carbons (Fsp3) is 0.429. The molecule has 0 aliphatic carbocycles. The Hall–Kier alpha value is -2.85. The van der Waals surface area contributed by atoms with E-state index in [4.69, 9.17) is 4.74 Å². The number of nitrogens with one attached hydrogen (secondary N) is 2. The van der Waals surface area contributed by atoms with Gasteiger partial charge >= 0.3 is 0 Å². The molecule has 3 N–H and O–H groups in total. The first-order chi connectivity index (χ1) is 14.7. The van der Waals surface area contributed by atoms with Gasteiger partial charge in [-0.05, 0) is 26.8 Å². The molecule has 2 atom stereocenters. The van der Waals surface area contributed by atoms with E-state index in [2.05, 4.69) is 20.6 Å². The van der Waals surface area contributed by atoms with E-state index in [-0.39, 0.29) is 17.2 Å². The maximum Gasteiger partial charge on any atom is 0.168 e. The van der Waals surface area contributed by atoms with Crippen molar-refractivity contribution in [1.29, 1.82) is 0 Å². The summed E-state index contributed by atoms with van der Waals surface area (Å²) in [5, 5.41) is 16.3. The molecular weight excluding hydrogens is 411 g/mol. The number of ether oxygens (including phenoxy) is 1. The third-order valence-electron chi connectivity index (χ3n) is 5.38. The smallest absolute Gasteiger partial charge is 0.168 e. The van der Waals surface area contributed by atoms with E-state index in [1.165, 1.54) is 13.3 Å². The number of piperidine rings is 1. The molecular formula is C21H24F3N5O2. The number of rotatable bonds is 5. The zero-order valence-electron chi connectivity index (χ0n) is 17.4. The van der Waals surface area contributed by atoms with Crippen LogP contribution in [0.25, 0.3) is 17.0 Å². The molecule has 1 fully saturated rings. The number of hydrogen-bond acceptors (Lipinski definition) is 6. The SMILES string of the molecule is COc1cc2ncc(-c3nc(N[C@@H]4CNCC[C@H]4F)c(F)cc3F)n2cc1C(C)(C)O. The third-order valence-corrected chi connectivity index (χ3v) is 5.38. The molecule has 10 heteroatoms. The lowest BCUT2D eigenvalue weighted by atomic mass is 9.99. The minimum Gasteiger partial charge on any atom is -0.496 e. The normalized spacial score (nSPS) is 19.6. The summed E-state index contributed by atoms with van der Waals surface area (Å²) < 4.78 is 50.2. The number of aromatic nitrogens is 3. The predicted octanol–water partition coefficient (Wildman–Crippen LogP) is 3.02. The van der Waals surface area contributed by atoms with E-state index in [0.717, 1.165) is 0 Å². The van der Waals surface area contributed by atoms with E-state index in [9.17, 15) is 18.3 Å². The van der Waals surface area contributed by atoms with Gasteiger partial charge in [-0.15, -0.1) is 0 Å². The van der Waals surface area contributed by atoms with Crippen LogP contribution in [0.3, 0.4) is 0 Å². The van der Waals surface area contributed by atoms with Gasteiger partial charge in [0.15, 0.2) is 17.5 Å². The lowest BCUT2D eigenvalue weighted by molar-refractivity contribution is 0.0752. The number of alkyl halides is 1. The van der Waals surface area contributed by atoms with Crippen LogP contribution in [-0.2, 0) is 5.60 Å². The highest BCUT2D eigenvalue weighted by atomic mass is 19.1. The Morgan fingerprint density at radius 3 is 2.74 bits per heavy atom. The maximum atomic E-state index is 14.7. The van der Waals surface area contributed by atoms with Gasteiger partial charge in [0.25, 0.3) is 0 Å². The molecule has 4 heterocycles. The van der Waals surface area contributed by atoms with Crippen molar-refractivity contribution in [2.24, 2.45) is 0 Å².